The highest BCUT2D eigenvalue weighted by Crippen LogP contribution is 2.38. The molecule has 0 bridgehead atoms. The summed E-state index contributed by atoms with van der Waals surface area (Å²) in [7, 11) is 0. The summed E-state index contributed by atoms with van der Waals surface area (Å²) >= 11 is 2.77. The van der Waals surface area contributed by atoms with E-state index in [9.17, 15) is 19.7 Å². The largest absolute Gasteiger partial charge is 0.494 e. The lowest BCUT2D eigenvalue weighted by atomic mass is 10.1. The lowest BCUT2D eigenvalue weighted by Gasteiger charge is -2.16. The number of nitrogens with one attached hydrogen (secondary N) is 2. The van der Waals surface area contributed by atoms with Gasteiger partial charge in [-0.3, -0.25) is 19.7 Å². The molecular formula is C30H24N4O5S2. The lowest BCUT2D eigenvalue weighted by Crippen LogP contribution is -2.18. The molecule has 2 N–H and O–H groups in total. The van der Waals surface area contributed by atoms with E-state index in [0.29, 0.717) is 23.0 Å². The van der Waals surface area contributed by atoms with Gasteiger partial charge >= 0.3 is 0 Å². The van der Waals surface area contributed by atoms with Crippen LogP contribution in [0.4, 0.5) is 16.5 Å². The molecule has 1 unspecified atom stereocenters. The summed E-state index contributed by atoms with van der Waals surface area (Å²) in [6.45, 7) is 2.49. The third-order valence-electron chi connectivity index (χ3n) is 5.95. The molecule has 1 aromatic heterocycles. The predicted octanol–water partition coefficient (Wildman–Crippen LogP) is 7.33. The summed E-state index contributed by atoms with van der Waals surface area (Å²) in [5.41, 5.74) is 2.39. The highest BCUT2D eigenvalue weighted by atomic mass is 32.2. The van der Waals surface area contributed by atoms with Crippen LogP contribution in [0.3, 0.4) is 0 Å². The summed E-state index contributed by atoms with van der Waals surface area (Å²) in [5, 5.41) is 16.6. The van der Waals surface area contributed by atoms with Gasteiger partial charge in [-0.15, -0.1) is 11.8 Å². The van der Waals surface area contributed by atoms with Crippen molar-refractivity contribution >= 4 is 61.6 Å². The van der Waals surface area contributed by atoms with Crippen molar-refractivity contribution in [2.24, 2.45) is 0 Å². The van der Waals surface area contributed by atoms with Gasteiger partial charge in [0, 0.05) is 28.3 Å². The van der Waals surface area contributed by atoms with Crippen LogP contribution in [0.1, 0.15) is 28.1 Å². The zero-order chi connectivity index (χ0) is 28.8. The number of carbonyl (C=O) groups is 2. The van der Waals surface area contributed by atoms with Crippen molar-refractivity contribution < 1.29 is 19.2 Å². The van der Waals surface area contributed by atoms with Gasteiger partial charge in [0.15, 0.2) is 5.13 Å². The average Bonchev–Trinajstić information content (AvgIpc) is 3.38. The average molecular weight is 585 g/mol. The Morgan fingerprint density at radius 2 is 1.71 bits per heavy atom. The zero-order valence-electron chi connectivity index (χ0n) is 21.8. The lowest BCUT2D eigenvalue weighted by molar-refractivity contribution is -0.384. The highest BCUT2D eigenvalue weighted by molar-refractivity contribution is 8.00. The van der Waals surface area contributed by atoms with Crippen molar-refractivity contribution in [2.75, 3.05) is 17.2 Å². The number of carbonyl (C=O) groups excluding carboxylic acids is 2. The molecule has 0 spiro atoms. The van der Waals surface area contributed by atoms with Crippen molar-refractivity contribution in [3.05, 3.63) is 118 Å². The van der Waals surface area contributed by atoms with Gasteiger partial charge in [-0.05, 0) is 67.1 Å². The SMILES string of the molecule is CCOc1ccc2nc(NC(=O)C(Sc3ccc(NC(=O)c4ccc([N+](=O)[O-])cc4)cc3)c3ccccc3)sc2c1. The minimum Gasteiger partial charge on any atom is -0.494 e. The van der Waals surface area contributed by atoms with Gasteiger partial charge in [-0.25, -0.2) is 4.98 Å². The van der Waals surface area contributed by atoms with Crippen LogP contribution in [0.5, 0.6) is 5.75 Å². The van der Waals surface area contributed by atoms with Gasteiger partial charge in [-0.2, -0.15) is 0 Å². The molecule has 1 atom stereocenters. The van der Waals surface area contributed by atoms with Crippen LogP contribution in [0.25, 0.3) is 10.2 Å². The maximum atomic E-state index is 13.5. The number of amides is 2. The minimum atomic E-state index is -0.553. The smallest absolute Gasteiger partial charge is 0.269 e. The summed E-state index contributed by atoms with van der Waals surface area (Å²) in [4.78, 5) is 41.8. The molecule has 5 aromatic rings. The van der Waals surface area contributed by atoms with Crippen LogP contribution in [0.2, 0.25) is 0 Å². The van der Waals surface area contributed by atoms with E-state index < -0.39 is 10.2 Å². The molecule has 0 radical (unpaired) electrons. The Balaban J connectivity index is 1.29. The van der Waals surface area contributed by atoms with E-state index in [1.807, 2.05) is 67.6 Å². The van der Waals surface area contributed by atoms with E-state index in [4.69, 9.17) is 4.74 Å². The molecule has 0 saturated carbocycles. The molecule has 11 heteroatoms. The van der Waals surface area contributed by atoms with Gasteiger partial charge in [0.25, 0.3) is 11.6 Å². The van der Waals surface area contributed by atoms with E-state index in [2.05, 4.69) is 15.6 Å². The Bertz CT molecular complexity index is 1690. The topological polar surface area (TPSA) is 123 Å². The molecule has 5 rings (SSSR count). The first kappa shape index (κ1) is 27.8. The third-order valence-corrected chi connectivity index (χ3v) is 8.15. The van der Waals surface area contributed by atoms with E-state index >= 15 is 0 Å². The highest BCUT2D eigenvalue weighted by Gasteiger charge is 2.23. The van der Waals surface area contributed by atoms with Crippen molar-refractivity contribution in [3.63, 3.8) is 0 Å². The van der Waals surface area contributed by atoms with Crippen molar-refractivity contribution in [1.29, 1.82) is 0 Å². The summed E-state index contributed by atoms with van der Waals surface area (Å²) in [6.07, 6.45) is 0. The third kappa shape index (κ3) is 6.89. The van der Waals surface area contributed by atoms with Crippen molar-refractivity contribution in [3.8, 4) is 5.75 Å². The Morgan fingerprint density at radius 1 is 0.976 bits per heavy atom. The quantitative estimate of drug-likeness (QED) is 0.100. The molecule has 206 valence electrons. The van der Waals surface area contributed by atoms with Gasteiger partial charge in [0.1, 0.15) is 11.0 Å². The number of nitro groups is 1. The van der Waals surface area contributed by atoms with E-state index in [-0.39, 0.29) is 17.5 Å². The maximum absolute atomic E-state index is 13.5. The number of nitrogens with zero attached hydrogens (tertiary/aromatic N) is 2. The Morgan fingerprint density at radius 3 is 2.39 bits per heavy atom. The van der Waals surface area contributed by atoms with Gasteiger partial charge in [0.05, 0.1) is 21.7 Å². The number of hydrogen-bond donors (Lipinski definition) is 2. The van der Waals surface area contributed by atoms with Gasteiger partial charge in [0.2, 0.25) is 5.91 Å². The Hall–Kier alpha value is -4.74. The second-order valence-corrected chi connectivity index (χ2v) is 11.0. The molecule has 0 aliphatic rings. The fourth-order valence-electron chi connectivity index (χ4n) is 3.98. The summed E-state index contributed by atoms with van der Waals surface area (Å²) in [5.74, 6) is 0.165. The number of non-ortho nitro benzene ring substituents is 1. The van der Waals surface area contributed by atoms with Gasteiger partial charge < -0.3 is 15.4 Å². The second kappa shape index (κ2) is 12.6. The molecular weight excluding hydrogens is 560 g/mol. The number of benzene rings is 4. The number of thiazole rings is 1. The number of ether oxygens (including phenoxy) is 1. The van der Waals surface area contributed by atoms with Crippen LogP contribution >= 0.6 is 23.1 Å². The number of thioether (sulfide) groups is 1. The van der Waals surface area contributed by atoms with E-state index in [1.165, 1.54) is 47.4 Å². The molecule has 0 aliphatic heterocycles. The van der Waals surface area contributed by atoms with Crippen LogP contribution < -0.4 is 15.4 Å². The number of rotatable bonds is 10. The first-order valence-corrected chi connectivity index (χ1v) is 14.3. The second-order valence-electron chi connectivity index (χ2n) is 8.76. The molecule has 4 aromatic carbocycles. The maximum Gasteiger partial charge on any atom is 0.269 e. The molecule has 41 heavy (non-hydrogen) atoms. The molecule has 2 amide bonds. The number of hydrogen-bond acceptors (Lipinski definition) is 8. The van der Waals surface area contributed by atoms with Crippen LogP contribution in [0.15, 0.2) is 102 Å². The minimum absolute atomic E-state index is 0.0845. The molecule has 0 aliphatic carbocycles. The number of aromatic nitrogens is 1. The number of anilines is 2. The Labute approximate surface area is 243 Å². The van der Waals surface area contributed by atoms with Gasteiger partial charge in [-0.1, -0.05) is 41.7 Å². The first-order valence-electron chi connectivity index (χ1n) is 12.6. The standard InChI is InChI=1S/C30H24N4O5S2/c1-2-39-23-14-17-25-26(18-23)41-30(32-25)33-29(36)27(19-6-4-3-5-7-19)40-24-15-10-21(11-16-24)31-28(35)20-8-12-22(13-9-20)34(37)38/h3-18,27H,2H2,1H3,(H,31,35)(H,32,33,36). The molecule has 1 heterocycles. The van der Waals surface area contributed by atoms with Crippen molar-refractivity contribution in [2.45, 2.75) is 17.1 Å². The van der Waals surface area contributed by atoms with E-state index in [0.717, 1.165) is 26.4 Å². The van der Waals surface area contributed by atoms with Crippen LogP contribution in [0, 0.1) is 10.1 Å². The summed E-state index contributed by atoms with van der Waals surface area (Å²) < 4.78 is 6.49. The molecule has 0 saturated heterocycles. The first-order chi connectivity index (χ1) is 19.9. The zero-order valence-corrected chi connectivity index (χ0v) is 23.4. The fourth-order valence-corrected chi connectivity index (χ4v) is 5.90. The Kier molecular flexibility index (Phi) is 8.56. The fraction of sp³-hybridized carbons (Fsp3) is 0.100. The van der Waals surface area contributed by atoms with Crippen LogP contribution in [-0.4, -0.2) is 28.3 Å². The normalized spacial score (nSPS) is 11.5. The molecule has 0 fully saturated rings. The number of fused-ring (bicyclic) bond motifs is 1. The van der Waals surface area contributed by atoms with E-state index in [1.54, 1.807) is 12.1 Å². The monoisotopic (exact) mass is 584 g/mol. The number of nitro benzene ring substituents is 1. The molecule has 9 nitrogen and oxygen atoms in total. The van der Waals surface area contributed by atoms with Crippen LogP contribution in [-0.2, 0) is 4.79 Å². The summed E-state index contributed by atoms with van der Waals surface area (Å²) in [6, 6.07) is 27.7. The van der Waals surface area contributed by atoms with Crippen molar-refractivity contribution in [1.82, 2.24) is 4.98 Å². The predicted molar refractivity (Wildman–Crippen MR) is 162 cm³/mol.